The molecule has 0 N–H and O–H groups in total. The van der Waals surface area contributed by atoms with Gasteiger partial charge in [-0.25, -0.2) is 0 Å². The fourth-order valence-electron chi connectivity index (χ4n) is 2.89. The predicted octanol–water partition coefficient (Wildman–Crippen LogP) is 2.89. The molecule has 0 bridgehead atoms. The molecule has 3 nitrogen and oxygen atoms in total. The summed E-state index contributed by atoms with van der Waals surface area (Å²) in [7, 11) is 0. The number of Topliss-reactive ketones (excluding diaryl/α,β-unsaturated/α-hetero) is 1. The Bertz CT molecular complexity index is 575. The normalized spacial score (nSPS) is 14.6. The topological polar surface area (TPSA) is 34.9 Å². The number of fused-ring (bicyclic) bond motifs is 1. The number of nitrogens with zero attached hydrogens (tertiary/aromatic N) is 2. The van der Waals surface area contributed by atoms with Crippen molar-refractivity contribution in [1.29, 1.82) is 0 Å². The van der Waals surface area contributed by atoms with Gasteiger partial charge in [0, 0.05) is 18.7 Å². The van der Waals surface area contributed by atoms with Crippen LogP contribution in [0, 0.1) is 5.92 Å². The number of benzene rings is 1. The first-order chi connectivity index (χ1) is 9.29. The molecule has 19 heavy (non-hydrogen) atoms. The van der Waals surface area contributed by atoms with Crippen molar-refractivity contribution in [2.45, 2.75) is 32.7 Å². The van der Waals surface area contributed by atoms with Gasteiger partial charge in [0.15, 0.2) is 5.78 Å². The molecule has 3 rings (SSSR count). The van der Waals surface area contributed by atoms with Gasteiger partial charge < -0.3 is 0 Å². The van der Waals surface area contributed by atoms with Gasteiger partial charge in [-0.05, 0) is 36.5 Å². The minimum Gasteiger partial charge on any atom is -0.292 e. The summed E-state index contributed by atoms with van der Waals surface area (Å²) in [5.74, 6) is 0.326. The Kier molecular flexibility index (Phi) is 3.20. The zero-order valence-electron chi connectivity index (χ0n) is 11.2. The van der Waals surface area contributed by atoms with E-state index < -0.39 is 0 Å². The van der Waals surface area contributed by atoms with Gasteiger partial charge in [0.25, 0.3) is 0 Å². The second-order valence-corrected chi connectivity index (χ2v) is 5.18. The third kappa shape index (κ3) is 2.21. The molecule has 0 fully saturated rings. The van der Waals surface area contributed by atoms with Crippen molar-refractivity contribution in [3.63, 3.8) is 0 Å². The maximum Gasteiger partial charge on any atom is 0.184 e. The Labute approximate surface area is 113 Å². The van der Waals surface area contributed by atoms with E-state index in [4.69, 9.17) is 0 Å². The zero-order valence-corrected chi connectivity index (χ0v) is 11.2. The van der Waals surface area contributed by atoms with Crippen molar-refractivity contribution in [3.05, 3.63) is 53.3 Å². The summed E-state index contributed by atoms with van der Waals surface area (Å²) in [5, 5.41) is 4.24. The number of aromatic nitrogens is 2. The van der Waals surface area contributed by atoms with Crippen LogP contribution in [0.2, 0.25) is 0 Å². The highest BCUT2D eigenvalue weighted by atomic mass is 16.1. The van der Waals surface area contributed by atoms with Crippen molar-refractivity contribution in [3.8, 4) is 0 Å². The summed E-state index contributed by atoms with van der Waals surface area (Å²) < 4.78 is 1.84. The van der Waals surface area contributed by atoms with Gasteiger partial charge in [0.1, 0.15) is 5.69 Å². The average molecular weight is 254 g/mol. The van der Waals surface area contributed by atoms with Gasteiger partial charge >= 0.3 is 0 Å². The molecule has 0 unspecified atom stereocenters. The van der Waals surface area contributed by atoms with Gasteiger partial charge in [-0.3, -0.25) is 9.48 Å². The first kappa shape index (κ1) is 12.2. The lowest BCUT2D eigenvalue weighted by Gasteiger charge is -2.10. The molecule has 1 aliphatic rings. The van der Waals surface area contributed by atoms with Crippen LogP contribution in [-0.2, 0) is 19.4 Å². The molecule has 0 atom stereocenters. The Balaban J connectivity index is 1.81. The monoisotopic (exact) mass is 254 g/mol. The van der Waals surface area contributed by atoms with Crippen molar-refractivity contribution in [2.24, 2.45) is 5.92 Å². The van der Waals surface area contributed by atoms with E-state index in [1.807, 2.05) is 22.9 Å². The van der Waals surface area contributed by atoms with Gasteiger partial charge in [-0.15, -0.1) is 0 Å². The smallest absolute Gasteiger partial charge is 0.184 e. The van der Waals surface area contributed by atoms with Crippen LogP contribution < -0.4 is 0 Å². The van der Waals surface area contributed by atoms with E-state index >= 15 is 0 Å². The first-order valence-corrected chi connectivity index (χ1v) is 6.92. The number of ketones is 1. The van der Waals surface area contributed by atoms with Crippen molar-refractivity contribution < 1.29 is 4.79 Å². The van der Waals surface area contributed by atoms with E-state index in [2.05, 4.69) is 24.2 Å². The van der Waals surface area contributed by atoms with Crippen LogP contribution in [0.5, 0.6) is 0 Å². The van der Waals surface area contributed by atoms with Crippen LogP contribution in [0.25, 0.3) is 0 Å². The molecule has 0 saturated heterocycles. The third-order valence-corrected chi connectivity index (χ3v) is 3.83. The summed E-state index contributed by atoms with van der Waals surface area (Å²) in [6.45, 7) is 2.91. The molecule has 1 aliphatic carbocycles. The highest BCUT2D eigenvalue weighted by molar-refractivity contribution is 5.97. The molecule has 98 valence electrons. The largest absolute Gasteiger partial charge is 0.292 e. The van der Waals surface area contributed by atoms with E-state index in [0.29, 0.717) is 0 Å². The number of hydrogen-bond donors (Lipinski definition) is 0. The molecule has 0 amide bonds. The Morgan fingerprint density at radius 2 is 1.95 bits per heavy atom. The molecule has 0 aliphatic heterocycles. The minimum atomic E-state index is 0.0877. The van der Waals surface area contributed by atoms with Crippen molar-refractivity contribution in [1.82, 2.24) is 9.78 Å². The molecule has 1 aromatic carbocycles. The molecule has 1 heterocycles. The van der Waals surface area contributed by atoms with E-state index in [1.165, 1.54) is 11.1 Å². The standard InChI is InChI=1S/C16H18N2O/c1-2-9-18-15(7-8-17-18)16(19)14-10-12-5-3-4-6-13(12)11-14/h3-8,14H,2,9-11H2,1H3. The van der Waals surface area contributed by atoms with E-state index in [1.54, 1.807) is 6.20 Å². The lowest BCUT2D eigenvalue weighted by Crippen LogP contribution is -2.19. The lowest BCUT2D eigenvalue weighted by atomic mass is 9.98. The average Bonchev–Trinajstić information content (AvgIpc) is 3.04. The number of rotatable bonds is 4. The van der Waals surface area contributed by atoms with Crippen LogP contribution >= 0.6 is 0 Å². The summed E-state index contributed by atoms with van der Waals surface area (Å²) in [4.78, 5) is 12.6. The number of carbonyl (C=O) groups excluding carboxylic acids is 1. The van der Waals surface area contributed by atoms with Crippen molar-refractivity contribution >= 4 is 5.78 Å². The highest BCUT2D eigenvalue weighted by Crippen LogP contribution is 2.28. The second kappa shape index (κ2) is 5.00. The minimum absolute atomic E-state index is 0.0877. The fourth-order valence-corrected chi connectivity index (χ4v) is 2.89. The maximum absolute atomic E-state index is 12.6. The molecule has 0 radical (unpaired) electrons. The fraction of sp³-hybridized carbons (Fsp3) is 0.375. The molecule has 0 spiro atoms. The molecule has 1 aromatic heterocycles. The summed E-state index contributed by atoms with van der Waals surface area (Å²) in [6.07, 6.45) is 4.45. The Morgan fingerprint density at radius 3 is 2.58 bits per heavy atom. The van der Waals surface area contributed by atoms with Crippen LogP contribution in [0.1, 0.15) is 35.0 Å². The van der Waals surface area contributed by atoms with E-state index in [0.717, 1.165) is 31.5 Å². The van der Waals surface area contributed by atoms with Gasteiger partial charge in [0.05, 0.1) is 0 Å². The highest BCUT2D eigenvalue weighted by Gasteiger charge is 2.29. The van der Waals surface area contributed by atoms with Gasteiger partial charge in [-0.1, -0.05) is 31.2 Å². The summed E-state index contributed by atoms with van der Waals surface area (Å²) in [5.41, 5.74) is 3.41. The first-order valence-electron chi connectivity index (χ1n) is 6.92. The SMILES string of the molecule is CCCn1nccc1C(=O)C1Cc2ccccc2C1. The summed E-state index contributed by atoms with van der Waals surface area (Å²) >= 11 is 0. The quantitative estimate of drug-likeness (QED) is 0.786. The van der Waals surface area contributed by atoms with Crippen LogP contribution in [0.15, 0.2) is 36.5 Å². The van der Waals surface area contributed by atoms with Gasteiger partial charge in [-0.2, -0.15) is 5.10 Å². The van der Waals surface area contributed by atoms with Crippen LogP contribution in [0.4, 0.5) is 0 Å². The number of hydrogen-bond acceptors (Lipinski definition) is 2. The lowest BCUT2D eigenvalue weighted by molar-refractivity contribution is 0.0913. The predicted molar refractivity (Wildman–Crippen MR) is 74.2 cm³/mol. The van der Waals surface area contributed by atoms with Crippen molar-refractivity contribution in [2.75, 3.05) is 0 Å². The Morgan fingerprint density at radius 1 is 1.26 bits per heavy atom. The molecular weight excluding hydrogens is 236 g/mol. The number of aryl methyl sites for hydroxylation is 1. The van der Waals surface area contributed by atoms with E-state index in [9.17, 15) is 4.79 Å². The van der Waals surface area contributed by atoms with E-state index in [-0.39, 0.29) is 11.7 Å². The van der Waals surface area contributed by atoms with Gasteiger partial charge in [0.2, 0.25) is 0 Å². The maximum atomic E-state index is 12.6. The van der Waals surface area contributed by atoms with Crippen LogP contribution in [0.3, 0.4) is 0 Å². The molecule has 3 heteroatoms. The summed E-state index contributed by atoms with van der Waals surface area (Å²) in [6, 6.07) is 10.2. The number of carbonyl (C=O) groups is 1. The zero-order chi connectivity index (χ0) is 13.2. The second-order valence-electron chi connectivity index (χ2n) is 5.18. The Hall–Kier alpha value is -1.90. The molecular formula is C16H18N2O. The molecule has 2 aromatic rings. The van der Waals surface area contributed by atoms with Crippen LogP contribution in [-0.4, -0.2) is 15.6 Å². The third-order valence-electron chi connectivity index (χ3n) is 3.83. The molecule has 0 saturated carbocycles.